The molecule has 0 radical (unpaired) electrons. The van der Waals surface area contributed by atoms with Crippen molar-refractivity contribution in [2.45, 2.75) is 39.3 Å². The first-order valence-corrected chi connectivity index (χ1v) is 9.79. The molecule has 4 rings (SSSR count). The van der Waals surface area contributed by atoms with E-state index in [9.17, 15) is 19.2 Å². The van der Waals surface area contributed by atoms with Gasteiger partial charge in [0.1, 0.15) is 11.7 Å². The highest BCUT2D eigenvalue weighted by atomic mass is 16.5. The number of aromatic nitrogens is 2. The highest BCUT2D eigenvalue weighted by Crippen LogP contribution is 2.28. The van der Waals surface area contributed by atoms with Crippen LogP contribution in [0.4, 0.5) is 0 Å². The molecule has 1 N–H and O–H groups in total. The summed E-state index contributed by atoms with van der Waals surface area (Å²) in [4.78, 5) is 56.2. The summed E-state index contributed by atoms with van der Waals surface area (Å²) in [5, 5.41) is 6.17. The highest BCUT2D eigenvalue weighted by molar-refractivity contribution is 6.21. The summed E-state index contributed by atoms with van der Waals surface area (Å²) < 4.78 is 5.32. The Kier molecular flexibility index (Phi) is 5.14. The van der Waals surface area contributed by atoms with E-state index < -0.39 is 29.7 Å². The van der Waals surface area contributed by atoms with E-state index in [0.29, 0.717) is 5.82 Å². The number of aryl methyl sites for hydroxylation is 1. The van der Waals surface area contributed by atoms with Gasteiger partial charge in [0.2, 0.25) is 23.5 Å². The van der Waals surface area contributed by atoms with Crippen LogP contribution in [0.15, 0.2) is 40.1 Å². The molecule has 10 heteroatoms. The van der Waals surface area contributed by atoms with Gasteiger partial charge >= 0.3 is 0 Å². The van der Waals surface area contributed by atoms with Crippen LogP contribution in [-0.2, 0) is 25.7 Å². The zero-order valence-electron chi connectivity index (χ0n) is 17.3. The van der Waals surface area contributed by atoms with Gasteiger partial charge in [0.15, 0.2) is 0 Å². The fourth-order valence-corrected chi connectivity index (χ4v) is 3.81. The number of hydrogen-bond donors (Lipinski definition) is 1. The van der Waals surface area contributed by atoms with E-state index >= 15 is 0 Å². The number of carbonyl (C=O) groups is 4. The van der Waals surface area contributed by atoms with Gasteiger partial charge < -0.3 is 9.42 Å². The maximum atomic E-state index is 13.0. The Bertz CT molecular complexity index is 1130. The second-order valence-corrected chi connectivity index (χ2v) is 7.66. The zero-order chi connectivity index (χ0) is 22.3. The van der Waals surface area contributed by atoms with E-state index in [1.165, 1.54) is 6.92 Å². The number of benzene rings is 1. The largest absolute Gasteiger partial charge is 0.360 e. The molecule has 2 aromatic rings. The number of nitrogens with zero attached hydrogens (tertiary/aromatic N) is 4. The minimum absolute atomic E-state index is 0.0708. The van der Waals surface area contributed by atoms with Gasteiger partial charge in [0.05, 0.1) is 6.54 Å². The summed E-state index contributed by atoms with van der Waals surface area (Å²) in [7, 11) is 1.63. The van der Waals surface area contributed by atoms with Gasteiger partial charge in [-0.05, 0) is 26.3 Å². The summed E-state index contributed by atoms with van der Waals surface area (Å²) in [6, 6.07) is 6.66. The van der Waals surface area contributed by atoms with Crippen molar-refractivity contribution in [1.82, 2.24) is 25.3 Å². The smallest absolute Gasteiger partial charge is 0.278 e. The molecule has 10 nitrogen and oxygen atoms in total. The first kappa shape index (κ1) is 20.5. The van der Waals surface area contributed by atoms with Crippen LogP contribution >= 0.6 is 0 Å². The average molecular weight is 423 g/mol. The van der Waals surface area contributed by atoms with Gasteiger partial charge in [-0.3, -0.25) is 29.4 Å². The van der Waals surface area contributed by atoms with E-state index in [1.807, 2.05) is 31.2 Å². The van der Waals surface area contributed by atoms with Crippen LogP contribution in [0.1, 0.15) is 31.2 Å². The Morgan fingerprint density at radius 1 is 1.19 bits per heavy atom. The number of likely N-dealkylation sites (N-methyl/N-ethyl adjacent to an activating group) is 1. The number of piperidine rings is 1. The van der Waals surface area contributed by atoms with E-state index in [0.717, 1.165) is 16.0 Å². The molecule has 1 atom stereocenters. The highest BCUT2D eigenvalue weighted by Gasteiger charge is 2.46. The van der Waals surface area contributed by atoms with E-state index in [-0.39, 0.29) is 36.5 Å². The van der Waals surface area contributed by atoms with Crippen molar-refractivity contribution in [1.29, 1.82) is 0 Å². The van der Waals surface area contributed by atoms with Gasteiger partial charge in [0, 0.05) is 24.6 Å². The van der Waals surface area contributed by atoms with Crippen molar-refractivity contribution in [3.8, 4) is 11.4 Å². The topological polar surface area (TPSA) is 126 Å². The summed E-state index contributed by atoms with van der Waals surface area (Å²) in [5.74, 6) is -1.49. The molecular formula is C21H21N5O5. The molecule has 31 heavy (non-hydrogen) atoms. The van der Waals surface area contributed by atoms with Crippen LogP contribution in [0.2, 0.25) is 0 Å². The molecular weight excluding hydrogens is 402 g/mol. The normalized spacial score (nSPS) is 19.3. The van der Waals surface area contributed by atoms with Crippen molar-refractivity contribution >= 4 is 23.6 Å². The van der Waals surface area contributed by atoms with Crippen LogP contribution in [0.25, 0.3) is 11.4 Å². The van der Waals surface area contributed by atoms with E-state index in [2.05, 4.69) is 15.5 Å². The van der Waals surface area contributed by atoms with Gasteiger partial charge in [-0.2, -0.15) is 4.98 Å². The Balaban J connectivity index is 1.52. The van der Waals surface area contributed by atoms with Crippen LogP contribution in [-0.4, -0.2) is 56.7 Å². The Morgan fingerprint density at radius 2 is 1.97 bits per heavy atom. The maximum absolute atomic E-state index is 13.0. The van der Waals surface area contributed by atoms with E-state index in [1.54, 1.807) is 11.9 Å². The van der Waals surface area contributed by atoms with Gasteiger partial charge in [-0.25, -0.2) is 0 Å². The van der Waals surface area contributed by atoms with Crippen molar-refractivity contribution in [2.24, 2.45) is 0 Å². The Labute approximate surface area is 177 Å². The van der Waals surface area contributed by atoms with Crippen LogP contribution in [0.5, 0.6) is 0 Å². The molecule has 0 aliphatic carbocycles. The average Bonchev–Trinajstić information content (AvgIpc) is 3.26. The van der Waals surface area contributed by atoms with Crippen LogP contribution in [0.3, 0.4) is 0 Å². The SMILES string of the molecule is CC1=C(N(C)Cc2nc(-c3cccc(C)c3)no2)C(=O)N(C2CCC(=O)NC2=O)C1=O. The third kappa shape index (κ3) is 3.72. The third-order valence-corrected chi connectivity index (χ3v) is 5.34. The Hall–Kier alpha value is -3.82. The van der Waals surface area contributed by atoms with Gasteiger partial charge in [-0.1, -0.05) is 28.9 Å². The maximum Gasteiger partial charge on any atom is 0.278 e. The number of imide groups is 2. The number of rotatable bonds is 5. The minimum Gasteiger partial charge on any atom is -0.360 e. The molecule has 3 heterocycles. The fraction of sp³-hybridized carbons (Fsp3) is 0.333. The number of carbonyl (C=O) groups excluding carboxylic acids is 4. The molecule has 2 aliphatic rings. The lowest BCUT2D eigenvalue weighted by molar-refractivity contribution is -0.150. The second kappa shape index (κ2) is 7.78. The molecule has 2 aliphatic heterocycles. The third-order valence-electron chi connectivity index (χ3n) is 5.34. The number of hydrogen-bond acceptors (Lipinski definition) is 8. The van der Waals surface area contributed by atoms with Gasteiger partial charge in [-0.15, -0.1) is 0 Å². The monoisotopic (exact) mass is 423 g/mol. The summed E-state index contributed by atoms with van der Waals surface area (Å²) in [6.45, 7) is 3.60. The molecule has 160 valence electrons. The molecule has 4 amide bonds. The molecule has 0 bridgehead atoms. The van der Waals surface area contributed by atoms with Gasteiger partial charge in [0.25, 0.3) is 11.8 Å². The lowest BCUT2D eigenvalue weighted by atomic mass is 10.0. The predicted octanol–water partition coefficient (Wildman–Crippen LogP) is 0.925. The molecule has 0 spiro atoms. The molecule has 1 saturated heterocycles. The molecule has 1 fully saturated rings. The second-order valence-electron chi connectivity index (χ2n) is 7.66. The molecule has 1 aromatic heterocycles. The lowest BCUT2D eigenvalue weighted by Crippen LogP contribution is -2.55. The predicted molar refractivity (Wildman–Crippen MR) is 107 cm³/mol. The summed E-state index contributed by atoms with van der Waals surface area (Å²) in [6.07, 6.45) is 0.178. The first-order chi connectivity index (χ1) is 14.8. The summed E-state index contributed by atoms with van der Waals surface area (Å²) >= 11 is 0. The quantitative estimate of drug-likeness (QED) is 0.704. The van der Waals surface area contributed by atoms with Crippen LogP contribution < -0.4 is 5.32 Å². The van der Waals surface area contributed by atoms with Crippen molar-refractivity contribution in [3.05, 3.63) is 47.0 Å². The van der Waals surface area contributed by atoms with Crippen LogP contribution in [0, 0.1) is 6.92 Å². The number of nitrogens with one attached hydrogen (secondary N) is 1. The Morgan fingerprint density at radius 3 is 2.68 bits per heavy atom. The van der Waals surface area contributed by atoms with Crippen molar-refractivity contribution < 1.29 is 23.7 Å². The van der Waals surface area contributed by atoms with Crippen molar-refractivity contribution in [3.63, 3.8) is 0 Å². The minimum atomic E-state index is -1.00. The summed E-state index contributed by atoms with van der Waals surface area (Å²) in [5.41, 5.74) is 2.25. The fourth-order valence-electron chi connectivity index (χ4n) is 3.81. The first-order valence-electron chi connectivity index (χ1n) is 9.79. The lowest BCUT2D eigenvalue weighted by Gasteiger charge is -2.29. The molecule has 0 saturated carbocycles. The number of amides is 4. The standard InChI is InChI=1S/C21H21N5O5/c1-11-5-4-6-13(9-11)18-23-16(31-24-18)10-25(3)17-12(2)20(29)26(21(17)30)14-7-8-15(27)22-19(14)28/h4-6,9,14H,7-8,10H2,1-3H3,(H,22,27,28). The van der Waals surface area contributed by atoms with Crippen molar-refractivity contribution in [2.75, 3.05) is 7.05 Å². The molecule has 1 unspecified atom stereocenters. The molecule has 1 aromatic carbocycles. The van der Waals surface area contributed by atoms with E-state index in [4.69, 9.17) is 4.52 Å². The zero-order valence-corrected chi connectivity index (χ0v) is 17.3.